The molecular weight excluding hydrogens is 362 g/mol. The smallest absolute Gasteiger partial charge is 0.341 e. The number of ether oxygens (including phenoxy) is 2. The number of hydrogen-bond donors (Lipinski definition) is 1. The molecule has 1 N–H and O–H groups in total. The van der Waals surface area contributed by atoms with Crippen LogP contribution in [0, 0.1) is 6.92 Å². The summed E-state index contributed by atoms with van der Waals surface area (Å²) < 4.78 is 15.5. The standard InChI is InChI=1S/C20H21N3O5/c1-12-16(20(25)27-4)9-15(28-12)11-23(2)19(24)17-10-21-22-18(17)13-5-7-14(26-3)8-6-13/h5-10H,11H2,1-4H3,(H,21,22). The first-order valence-corrected chi connectivity index (χ1v) is 8.55. The van der Waals surface area contributed by atoms with Gasteiger partial charge in [0.2, 0.25) is 0 Å². The molecule has 3 aromatic rings. The van der Waals surface area contributed by atoms with Crippen molar-refractivity contribution < 1.29 is 23.5 Å². The first-order valence-electron chi connectivity index (χ1n) is 8.55. The predicted molar refractivity (Wildman–Crippen MR) is 101 cm³/mol. The normalized spacial score (nSPS) is 10.6. The lowest BCUT2D eigenvalue weighted by molar-refractivity contribution is 0.0598. The van der Waals surface area contributed by atoms with Crippen LogP contribution in [0.25, 0.3) is 11.3 Å². The summed E-state index contributed by atoms with van der Waals surface area (Å²) in [6.45, 7) is 1.87. The third-order valence-electron chi connectivity index (χ3n) is 4.36. The molecule has 146 valence electrons. The lowest BCUT2D eigenvalue weighted by Crippen LogP contribution is -2.26. The van der Waals surface area contributed by atoms with E-state index < -0.39 is 5.97 Å². The fourth-order valence-corrected chi connectivity index (χ4v) is 2.87. The molecule has 0 bridgehead atoms. The SMILES string of the molecule is COC(=O)c1cc(CN(C)C(=O)c2cn[nH]c2-c2ccc(OC)cc2)oc1C. The Morgan fingerprint density at radius 1 is 1.18 bits per heavy atom. The van der Waals surface area contributed by atoms with Gasteiger partial charge in [-0.2, -0.15) is 5.10 Å². The van der Waals surface area contributed by atoms with Crippen LogP contribution < -0.4 is 4.74 Å². The number of furan rings is 1. The van der Waals surface area contributed by atoms with Crippen molar-refractivity contribution in [2.75, 3.05) is 21.3 Å². The molecule has 1 amide bonds. The largest absolute Gasteiger partial charge is 0.497 e. The molecule has 8 nitrogen and oxygen atoms in total. The molecule has 2 heterocycles. The quantitative estimate of drug-likeness (QED) is 0.657. The average Bonchev–Trinajstić information content (AvgIpc) is 3.33. The summed E-state index contributed by atoms with van der Waals surface area (Å²) in [4.78, 5) is 26.1. The Morgan fingerprint density at radius 3 is 2.54 bits per heavy atom. The van der Waals surface area contributed by atoms with Gasteiger partial charge in [0.05, 0.1) is 38.2 Å². The Bertz CT molecular complexity index is 988. The minimum absolute atomic E-state index is 0.198. The van der Waals surface area contributed by atoms with Gasteiger partial charge >= 0.3 is 5.97 Å². The monoisotopic (exact) mass is 383 g/mol. The van der Waals surface area contributed by atoms with Crippen LogP contribution in [0.15, 0.2) is 40.9 Å². The second-order valence-electron chi connectivity index (χ2n) is 6.22. The van der Waals surface area contributed by atoms with Crippen LogP contribution in [0.2, 0.25) is 0 Å². The summed E-state index contributed by atoms with van der Waals surface area (Å²) in [7, 11) is 4.56. The van der Waals surface area contributed by atoms with Gasteiger partial charge in [-0.3, -0.25) is 9.89 Å². The third kappa shape index (κ3) is 3.75. The summed E-state index contributed by atoms with van der Waals surface area (Å²) in [5, 5.41) is 6.89. The number of aromatic amines is 1. The fraction of sp³-hybridized carbons (Fsp3) is 0.250. The molecule has 0 aliphatic rings. The fourth-order valence-electron chi connectivity index (χ4n) is 2.87. The van der Waals surface area contributed by atoms with Gasteiger partial charge in [0.15, 0.2) is 0 Å². The van der Waals surface area contributed by atoms with Crippen LogP contribution in [-0.2, 0) is 11.3 Å². The third-order valence-corrected chi connectivity index (χ3v) is 4.36. The molecule has 0 saturated carbocycles. The van der Waals surface area contributed by atoms with E-state index in [-0.39, 0.29) is 12.5 Å². The van der Waals surface area contributed by atoms with Crippen LogP contribution in [0.3, 0.4) is 0 Å². The number of carbonyl (C=O) groups excluding carboxylic acids is 2. The first-order chi connectivity index (χ1) is 13.4. The van der Waals surface area contributed by atoms with E-state index >= 15 is 0 Å². The number of nitrogens with zero attached hydrogens (tertiary/aromatic N) is 2. The topological polar surface area (TPSA) is 97.7 Å². The lowest BCUT2D eigenvalue weighted by atomic mass is 10.1. The molecule has 0 spiro atoms. The number of benzene rings is 1. The number of carbonyl (C=O) groups is 2. The van der Waals surface area contributed by atoms with Crippen molar-refractivity contribution in [2.45, 2.75) is 13.5 Å². The van der Waals surface area contributed by atoms with Gasteiger partial charge in [-0.05, 0) is 37.3 Å². The predicted octanol–water partition coefficient (Wildman–Crippen LogP) is 3.05. The highest BCUT2D eigenvalue weighted by molar-refractivity contribution is 5.99. The molecule has 1 aromatic carbocycles. The van der Waals surface area contributed by atoms with E-state index in [0.29, 0.717) is 28.3 Å². The molecule has 3 rings (SSSR count). The van der Waals surface area contributed by atoms with Crippen LogP contribution in [0.5, 0.6) is 5.75 Å². The van der Waals surface area contributed by atoms with E-state index in [4.69, 9.17) is 13.9 Å². The van der Waals surface area contributed by atoms with Gasteiger partial charge in [0, 0.05) is 12.6 Å². The van der Waals surface area contributed by atoms with Crippen molar-refractivity contribution >= 4 is 11.9 Å². The molecule has 0 fully saturated rings. The zero-order chi connectivity index (χ0) is 20.3. The summed E-state index contributed by atoms with van der Waals surface area (Å²) in [6.07, 6.45) is 1.49. The highest BCUT2D eigenvalue weighted by Gasteiger charge is 2.22. The van der Waals surface area contributed by atoms with Crippen LogP contribution in [-0.4, -0.2) is 48.2 Å². The number of esters is 1. The minimum Gasteiger partial charge on any atom is -0.497 e. The summed E-state index contributed by atoms with van der Waals surface area (Å²) >= 11 is 0. The van der Waals surface area contributed by atoms with Crippen LogP contribution in [0.4, 0.5) is 0 Å². The molecule has 0 saturated heterocycles. The van der Waals surface area contributed by atoms with Crippen molar-refractivity contribution in [1.82, 2.24) is 15.1 Å². The molecule has 0 radical (unpaired) electrons. The lowest BCUT2D eigenvalue weighted by Gasteiger charge is -2.15. The van der Waals surface area contributed by atoms with Gasteiger partial charge in [0.25, 0.3) is 5.91 Å². The maximum atomic E-state index is 12.9. The second kappa shape index (κ2) is 7.99. The van der Waals surface area contributed by atoms with Gasteiger partial charge in [-0.25, -0.2) is 4.79 Å². The zero-order valence-corrected chi connectivity index (χ0v) is 16.1. The van der Waals surface area contributed by atoms with E-state index in [9.17, 15) is 9.59 Å². The Morgan fingerprint density at radius 2 is 1.89 bits per heavy atom. The Kier molecular flexibility index (Phi) is 5.49. The van der Waals surface area contributed by atoms with Gasteiger partial charge in [0.1, 0.15) is 22.8 Å². The summed E-state index contributed by atoms with van der Waals surface area (Å²) in [5.41, 5.74) is 2.21. The number of nitrogens with one attached hydrogen (secondary N) is 1. The highest BCUT2D eigenvalue weighted by atomic mass is 16.5. The van der Waals surface area contributed by atoms with Crippen LogP contribution >= 0.6 is 0 Å². The van der Waals surface area contributed by atoms with E-state index in [2.05, 4.69) is 10.2 Å². The molecule has 28 heavy (non-hydrogen) atoms. The Hall–Kier alpha value is -3.55. The van der Waals surface area contributed by atoms with Crippen LogP contribution in [0.1, 0.15) is 32.2 Å². The zero-order valence-electron chi connectivity index (χ0n) is 16.1. The van der Waals surface area contributed by atoms with E-state index in [1.165, 1.54) is 18.2 Å². The number of H-pyrrole nitrogens is 1. The number of hydrogen-bond acceptors (Lipinski definition) is 6. The van der Waals surface area contributed by atoms with E-state index in [1.807, 2.05) is 24.3 Å². The molecule has 0 aliphatic heterocycles. The molecular formula is C20H21N3O5. The van der Waals surface area contributed by atoms with Crippen molar-refractivity contribution in [3.05, 3.63) is 59.2 Å². The number of aromatic nitrogens is 2. The minimum atomic E-state index is -0.474. The van der Waals surface area contributed by atoms with Gasteiger partial charge < -0.3 is 18.8 Å². The molecule has 0 aliphatic carbocycles. The van der Waals surface area contributed by atoms with Crippen molar-refractivity contribution in [3.8, 4) is 17.0 Å². The Balaban J connectivity index is 1.79. The number of aryl methyl sites for hydroxylation is 1. The molecule has 0 atom stereocenters. The van der Waals surface area contributed by atoms with Crippen molar-refractivity contribution in [2.24, 2.45) is 0 Å². The number of methoxy groups -OCH3 is 2. The van der Waals surface area contributed by atoms with Gasteiger partial charge in [-0.1, -0.05) is 0 Å². The second-order valence-corrected chi connectivity index (χ2v) is 6.22. The van der Waals surface area contributed by atoms with E-state index in [0.717, 1.165) is 11.3 Å². The Labute approximate surface area is 162 Å². The molecule has 8 heteroatoms. The maximum absolute atomic E-state index is 12.9. The summed E-state index contributed by atoms with van der Waals surface area (Å²) in [5.74, 6) is 0.961. The molecule has 0 unspecified atom stereocenters. The summed E-state index contributed by atoms with van der Waals surface area (Å²) in [6, 6.07) is 8.91. The van der Waals surface area contributed by atoms with E-state index in [1.54, 1.807) is 27.1 Å². The number of amides is 1. The van der Waals surface area contributed by atoms with Crippen molar-refractivity contribution in [3.63, 3.8) is 0 Å². The number of rotatable bonds is 6. The molecule has 2 aromatic heterocycles. The highest BCUT2D eigenvalue weighted by Crippen LogP contribution is 2.25. The van der Waals surface area contributed by atoms with Gasteiger partial charge in [-0.15, -0.1) is 0 Å². The first kappa shape index (κ1) is 19.2. The maximum Gasteiger partial charge on any atom is 0.341 e. The van der Waals surface area contributed by atoms with Crippen molar-refractivity contribution in [1.29, 1.82) is 0 Å². The average molecular weight is 383 g/mol.